The molecular weight excluding hydrogens is 200 g/mol. The Morgan fingerprint density at radius 3 is 2.67 bits per heavy atom. The van der Waals surface area contributed by atoms with Crippen LogP contribution in [0.5, 0.6) is 5.75 Å². The Labute approximate surface area is 88.0 Å². The zero-order valence-electron chi connectivity index (χ0n) is 8.89. The normalized spacial score (nSPS) is 12.5. The lowest BCUT2D eigenvalue weighted by atomic mass is 10.2. The Kier molecular flexibility index (Phi) is 3.88. The summed E-state index contributed by atoms with van der Waals surface area (Å²) in [5.41, 5.74) is 5.55. The topological polar surface area (TPSA) is 35.2 Å². The zero-order chi connectivity index (χ0) is 11.4. The molecular formula is C11H15F2NO. The van der Waals surface area contributed by atoms with E-state index in [1.807, 2.05) is 13.8 Å². The molecule has 0 aliphatic heterocycles. The van der Waals surface area contributed by atoms with E-state index in [0.29, 0.717) is 0 Å². The van der Waals surface area contributed by atoms with Gasteiger partial charge in [-0.15, -0.1) is 0 Å². The highest BCUT2D eigenvalue weighted by atomic mass is 19.2. The summed E-state index contributed by atoms with van der Waals surface area (Å²) >= 11 is 0. The monoisotopic (exact) mass is 215 g/mol. The fraction of sp³-hybridized carbons (Fsp3) is 0.455. The largest absolute Gasteiger partial charge is 0.487 e. The van der Waals surface area contributed by atoms with Crippen LogP contribution in [0.25, 0.3) is 0 Å². The van der Waals surface area contributed by atoms with Gasteiger partial charge in [0.25, 0.3) is 0 Å². The molecule has 2 N–H and O–H groups in total. The molecule has 0 saturated carbocycles. The van der Waals surface area contributed by atoms with Crippen molar-refractivity contribution in [1.82, 2.24) is 0 Å². The molecule has 1 aromatic rings. The van der Waals surface area contributed by atoms with Crippen molar-refractivity contribution in [2.24, 2.45) is 0 Å². The molecule has 0 saturated heterocycles. The van der Waals surface area contributed by atoms with E-state index in [-0.39, 0.29) is 17.5 Å². The lowest BCUT2D eigenvalue weighted by Gasteiger charge is -2.14. The van der Waals surface area contributed by atoms with Gasteiger partial charge in [0.1, 0.15) is 0 Å². The van der Waals surface area contributed by atoms with Crippen molar-refractivity contribution >= 4 is 5.69 Å². The Balaban J connectivity index is 2.84. The summed E-state index contributed by atoms with van der Waals surface area (Å²) in [5, 5.41) is 0. The number of anilines is 1. The van der Waals surface area contributed by atoms with Crippen LogP contribution >= 0.6 is 0 Å². The number of hydrogen-bond acceptors (Lipinski definition) is 2. The van der Waals surface area contributed by atoms with Crippen LogP contribution < -0.4 is 10.5 Å². The smallest absolute Gasteiger partial charge is 0.200 e. The van der Waals surface area contributed by atoms with Gasteiger partial charge >= 0.3 is 0 Å². The minimum Gasteiger partial charge on any atom is -0.487 e. The summed E-state index contributed by atoms with van der Waals surface area (Å²) in [6.45, 7) is 3.81. The maximum absolute atomic E-state index is 13.2. The molecule has 1 rings (SSSR count). The van der Waals surface area contributed by atoms with Crippen LogP contribution in [0.3, 0.4) is 0 Å². The number of rotatable bonds is 4. The highest BCUT2D eigenvalue weighted by Crippen LogP contribution is 2.24. The van der Waals surface area contributed by atoms with E-state index in [1.54, 1.807) is 0 Å². The van der Waals surface area contributed by atoms with E-state index < -0.39 is 11.6 Å². The van der Waals surface area contributed by atoms with Gasteiger partial charge in [-0.05, 0) is 13.3 Å². The van der Waals surface area contributed by atoms with Crippen LogP contribution in [-0.2, 0) is 0 Å². The fourth-order valence-corrected chi connectivity index (χ4v) is 1.35. The van der Waals surface area contributed by atoms with E-state index in [9.17, 15) is 8.78 Å². The fourth-order valence-electron chi connectivity index (χ4n) is 1.35. The van der Waals surface area contributed by atoms with Gasteiger partial charge in [-0.1, -0.05) is 13.3 Å². The molecule has 2 nitrogen and oxygen atoms in total. The van der Waals surface area contributed by atoms with Crippen LogP contribution in [0, 0.1) is 11.6 Å². The second kappa shape index (κ2) is 4.96. The molecule has 0 amide bonds. The minimum atomic E-state index is -0.979. The lowest BCUT2D eigenvalue weighted by Crippen LogP contribution is -2.12. The van der Waals surface area contributed by atoms with Gasteiger partial charge in [0.15, 0.2) is 11.6 Å². The molecule has 15 heavy (non-hydrogen) atoms. The third kappa shape index (κ3) is 3.08. The quantitative estimate of drug-likeness (QED) is 0.783. The first kappa shape index (κ1) is 11.8. The second-order valence-electron chi connectivity index (χ2n) is 3.53. The Morgan fingerprint density at radius 2 is 2.07 bits per heavy atom. The number of benzene rings is 1. The molecule has 1 unspecified atom stereocenters. The molecule has 0 fully saturated rings. The van der Waals surface area contributed by atoms with Gasteiger partial charge in [-0.3, -0.25) is 0 Å². The molecule has 84 valence electrons. The predicted molar refractivity (Wildman–Crippen MR) is 55.8 cm³/mol. The Hall–Kier alpha value is -1.32. The minimum absolute atomic E-state index is 0.117. The average molecular weight is 215 g/mol. The summed E-state index contributed by atoms with van der Waals surface area (Å²) in [4.78, 5) is 0. The molecule has 0 bridgehead atoms. The SMILES string of the molecule is CCCC(C)Oc1cc(N)cc(F)c1F. The summed E-state index contributed by atoms with van der Waals surface area (Å²) in [6.07, 6.45) is 1.56. The van der Waals surface area contributed by atoms with Gasteiger partial charge in [0.05, 0.1) is 6.10 Å². The predicted octanol–water partition coefficient (Wildman–Crippen LogP) is 3.11. The number of nitrogen functional groups attached to an aromatic ring is 1. The second-order valence-corrected chi connectivity index (χ2v) is 3.53. The first-order valence-electron chi connectivity index (χ1n) is 4.95. The van der Waals surface area contributed by atoms with Crippen LogP contribution in [-0.4, -0.2) is 6.10 Å². The molecule has 1 atom stereocenters. The molecule has 0 spiro atoms. The standard InChI is InChI=1S/C11H15F2NO/c1-3-4-7(2)15-10-6-8(14)5-9(12)11(10)13/h5-7H,3-4,14H2,1-2H3. The van der Waals surface area contributed by atoms with E-state index in [4.69, 9.17) is 10.5 Å². The lowest BCUT2D eigenvalue weighted by molar-refractivity contribution is 0.198. The highest BCUT2D eigenvalue weighted by molar-refractivity contribution is 5.45. The highest BCUT2D eigenvalue weighted by Gasteiger charge is 2.13. The molecule has 0 aliphatic carbocycles. The summed E-state index contributed by atoms with van der Waals surface area (Å²) in [7, 11) is 0. The Bertz CT molecular complexity index is 342. The number of nitrogens with two attached hydrogens (primary N) is 1. The van der Waals surface area contributed by atoms with Crippen LogP contribution in [0.15, 0.2) is 12.1 Å². The summed E-state index contributed by atoms with van der Waals surface area (Å²) < 4.78 is 31.4. The summed E-state index contributed by atoms with van der Waals surface area (Å²) in [5.74, 6) is -2.07. The van der Waals surface area contributed by atoms with Gasteiger partial charge in [-0.25, -0.2) is 4.39 Å². The van der Waals surface area contributed by atoms with Gasteiger partial charge in [-0.2, -0.15) is 4.39 Å². The number of ether oxygens (including phenoxy) is 1. The number of halogens is 2. The van der Waals surface area contributed by atoms with Gasteiger partial charge in [0, 0.05) is 17.8 Å². The van der Waals surface area contributed by atoms with Gasteiger partial charge < -0.3 is 10.5 Å². The van der Waals surface area contributed by atoms with Crippen LogP contribution in [0.2, 0.25) is 0 Å². The molecule has 0 aliphatic rings. The van der Waals surface area contributed by atoms with Crippen LogP contribution in [0.4, 0.5) is 14.5 Å². The van der Waals surface area contributed by atoms with Crippen molar-refractivity contribution in [3.05, 3.63) is 23.8 Å². The van der Waals surface area contributed by atoms with Crippen LogP contribution in [0.1, 0.15) is 26.7 Å². The van der Waals surface area contributed by atoms with E-state index in [1.165, 1.54) is 6.07 Å². The molecule has 0 aromatic heterocycles. The third-order valence-electron chi connectivity index (χ3n) is 2.04. The van der Waals surface area contributed by atoms with Crippen molar-refractivity contribution in [1.29, 1.82) is 0 Å². The first-order valence-corrected chi connectivity index (χ1v) is 4.95. The first-order chi connectivity index (χ1) is 7.04. The zero-order valence-corrected chi connectivity index (χ0v) is 8.89. The van der Waals surface area contributed by atoms with E-state index >= 15 is 0 Å². The van der Waals surface area contributed by atoms with Crippen molar-refractivity contribution in [3.8, 4) is 5.75 Å². The number of hydrogen-bond donors (Lipinski definition) is 1. The van der Waals surface area contributed by atoms with Crippen molar-refractivity contribution < 1.29 is 13.5 Å². The van der Waals surface area contributed by atoms with Gasteiger partial charge in [0.2, 0.25) is 5.82 Å². The molecule has 0 radical (unpaired) electrons. The van der Waals surface area contributed by atoms with Crippen molar-refractivity contribution in [2.75, 3.05) is 5.73 Å². The van der Waals surface area contributed by atoms with Crippen molar-refractivity contribution in [3.63, 3.8) is 0 Å². The Morgan fingerprint density at radius 1 is 1.40 bits per heavy atom. The molecule has 0 heterocycles. The third-order valence-corrected chi connectivity index (χ3v) is 2.04. The maximum Gasteiger partial charge on any atom is 0.200 e. The van der Waals surface area contributed by atoms with Crippen molar-refractivity contribution in [2.45, 2.75) is 32.8 Å². The summed E-state index contributed by atoms with van der Waals surface area (Å²) in [6, 6.07) is 2.23. The molecule has 1 aromatic carbocycles. The molecule has 4 heteroatoms. The average Bonchev–Trinajstić information content (AvgIpc) is 2.13. The maximum atomic E-state index is 13.2. The van der Waals surface area contributed by atoms with E-state index in [0.717, 1.165) is 18.9 Å². The van der Waals surface area contributed by atoms with E-state index in [2.05, 4.69) is 0 Å².